The Labute approximate surface area is 340 Å². The Morgan fingerprint density at radius 3 is 1.64 bits per heavy atom. The maximum atomic E-state index is 7.07. The molecule has 0 radical (unpaired) electrons. The number of furan rings is 1. The van der Waals surface area contributed by atoms with Gasteiger partial charge in [-0.2, -0.15) is 0 Å². The van der Waals surface area contributed by atoms with Crippen molar-refractivity contribution in [2.45, 2.75) is 19.3 Å². The fourth-order valence-corrected chi connectivity index (χ4v) is 9.37. The topological polar surface area (TPSA) is 56.7 Å². The third kappa shape index (κ3) is 5.08. The number of hydrogen-bond donors (Lipinski definition) is 0. The summed E-state index contributed by atoms with van der Waals surface area (Å²) in [5.74, 6) is 1.91. The summed E-state index contributed by atoms with van der Waals surface area (Å²) in [5.41, 5.74) is 15.2. The lowest BCUT2D eigenvalue weighted by Crippen LogP contribution is -2.14. The number of para-hydroxylation sites is 3. The van der Waals surface area contributed by atoms with Gasteiger partial charge in [0.05, 0.1) is 16.7 Å². The van der Waals surface area contributed by atoms with Gasteiger partial charge in [-0.1, -0.05) is 172 Å². The minimum absolute atomic E-state index is 0.116. The van der Waals surface area contributed by atoms with Crippen molar-refractivity contribution in [1.29, 1.82) is 0 Å². The van der Waals surface area contributed by atoms with E-state index < -0.39 is 0 Å². The van der Waals surface area contributed by atoms with Crippen LogP contribution in [0.1, 0.15) is 25.0 Å². The van der Waals surface area contributed by atoms with Gasteiger partial charge in [-0.15, -0.1) is 0 Å². The summed E-state index contributed by atoms with van der Waals surface area (Å²) in [6.45, 7) is 4.69. The highest BCUT2D eigenvalue weighted by Crippen LogP contribution is 2.51. The van der Waals surface area contributed by atoms with Crippen molar-refractivity contribution in [3.63, 3.8) is 0 Å². The molecule has 1 aliphatic carbocycles. The van der Waals surface area contributed by atoms with Crippen LogP contribution < -0.4 is 0 Å². The van der Waals surface area contributed by atoms with Crippen molar-refractivity contribution in [1.82, 2.24) is 19.5 Å². The van der Waals surface area contributed by atoms with Crippen molar-refractivity contribution >= 4 is 43.7 Å². The summed E-state index contributed by atoms with van der Waals surface area (Å²) < 4.78 is 9.47. The van der Waals surface area contributed by atoms with Crippen LogP contribution in [0.3, 0.4) is 0 Å². The first kappa shape index (κ1) is 33.5. The van der Waals surface area contributed by atoms with Crippen LogP contribution in [0.4, 0.5) is 0 Å². The zero-order valence-corrected chi connectivity index (χ0v) is 32.5. The number of benzene rings is 8. The lowest BCUT2D eigenvalue weighted by molar-refractivity contribution is 0.660. The fourth-order valence-electron chi connectivity index (χ4n) is 9.37. The van der Waals surface area contributed by atoms with Gasteiger partial charge in [-0.3, -0.25) is 0 Å². The average molecular weight is 757 g/mol. The zero-order valence-electron chi connectivity index (χ0n) is 32.5. The second-order valence-corrected chi connectivity index (χ2v) is 16.0. The highest BCUT2D eigenvalue weighted by atomic mass is 16.3. The molecule has 0 unspecified atom stereocenters. The molecule has 1 aliphatic rings. The SMILES string of the molecule is CC1(C)c2ccccc2-c2cc3c4ccccc4n(-c4cccc5c4oc4c(-c6ccc(-c7nc(-c8ccccc8)nc(-c8ccccc8)n7)cc6)cccc45)c3cc21. The first-order valence-electron chi connectivity index (χ1n) is 20.1. The van der Waals surface area contributed by atoms with Crippen molar-refractivity contribution in [2.24, 2.45) is 0 Å². The Balaban J connectivity index is 0.998. The molecule has 0 amide bonds. The van der Waals surface area contributed by atoms with Gasteiger partial charge < -0.3 is 8.98 Å². The Morgan fingerprint density at radius 1 is 0.390 bits per heavy atom. The van der Waals surface area contributed by atoms with Crippen molar-refractivity contribution in [3.05, 3.63) is 193 Å². The minimum Gasteiger partial charge on any atom is -0.453 e. The monoisotopic (exact) mass is 756 g/mol. The molecule has 12 rings (SSSR count). The summed E-state index contributed by atoms with van der Waals surface area (Å²) in [6.07, 6.45) is 0. The van der Waals surface area contributed by atoms with Gasteiger partial charge in [0.1, 0.15) is 5.58 Å². The summed E-state index contributed by atoms with van der Waals surface area (Å²) in [7, 11) is 0. The molecule has 0 N–H and O–H groups in total. The normalized spacial score (nSPS) is 13.1. The van der Waals surface area contributed by atoms with E-state index in [1.807, 2.05) is 60.7 Å². The predicted octanol–water partition coefficient (Wildman–Crippen LogP) is 13.8. The maximum Gasteiger partial charge on any atom is 0.164 e. The maximum absolute atomic E-state index is 7.07. The molecule has 0 bridgehead atoms. The first-order chi connectivity index (χ1) is 29.0. The molecule has 5 nitrogen and oxygen atoms in total. The number of aromatic nitrogens is 4. The van der Waals surface area contributed by atoms with E-state index in [9.17, 15) is 0 Å². The quantitative estimate of drug-likeness (QED) is 0.175. The highest BCUT2D eigenvalue weighted by molar-refractivity contribution is 6.15. The van der Waals surface area contributed by atoms with Gasteiger partial charge in [0.2, 0.25) is 0 Å². The van der Waals surface area contributed by atoms with Crippen LogP contribution in [0.2, 0.25) is 0 Å². The second kappa shape index (κ2) is 12.7. The van der Waals surface area contributed by atoms with E-state index in [2.05, 4.69) is 140 Å². The second-order valence-electron chi connectivity index (χ2n) is 16.0. The van der Waals surface area contributed by atoms with Crippen molar-refractivity contribution < 1.29 is 4.42 Å². The lowest BCUT2D eigenvalue weighted by Gasteiger charge is -2.21. The molecule has 3 aromatic heterocycles. The van der Waals surface area contributed by atoms with E-state index in [4.69, 9.17) is 19.4 Å². The zero-order chi connectivity index (χ0) is 39.2. The summed E-state index contributed by atoms with van der Waals surface area (Å²) in [5, 5.41) is 4.64. The van der Waals surface area contributed by atoms with Crippen LogP contribution >= 0.6 is 0 Å². The van der Waals surface area contributed by atoms with Gasteiger partial charge in [-0.25, -0.2) is 15.0 Å². The van der Waals surface area contributed by atoms with E-state index in [0.29, 0.717) is 17.5 Å². The Hall–Kier alpha value is -7.63. The molecule has 0 saturated heterocycles. The molecular formula is C54H36N4O. The molecule has 0 spiro atoms. The Bertz CT molecular complexity index is 3390. The first-order valence-corrected chi connectivity index (χ1v) is 20.1. The Morgan fingerprint density at radius 2 is 0.932 bits per heavy atom. The van der Waals surface area contributed by atoms with Gasteiger partial charge >= 0.3 is 0 Å². The smallest absolute Gasteiger partial charge is 0.164 e. The largest absolute Gasteiger partial charge is 0.453 e. The Kier molecular flexibility index (Phi) is 7.20. The van der Waals surface area contributed by atoms with E-state index in [0.717, 1.165) is 61.0 Å². The molecule has 0 fully saturated rings. The molecule has 8 aromatic carbocycles. The van der Waals surface area contributed by atoms with Gasteiger partial charge in [0, 0.05) is 49.2 Å². The van der Waals surface area contributed by atoms with E-state index in [-0.39, 0.29) is 5.41 Å². The van der Waals surface area contributed by atoms with Crippen LogP contribution in [0.5, 0.6) is 0 Å². The van der Waals surface area contributed by atoms with Crippen LogP contribution in [-0.4, -0.2) is 19.5 Å². The van der Waals surface area contributed by atoms with Gasteiger partial charge in [0.15, 0.2) is 23.1 Å². The minimum atomic E-state index is -0.116. The van der Waals surface area contributed by atoms with Crippen LogP contribution in [0.25, 0.3) is 106 Å². The van der Waals surface area contributed by atoms with E-state index in [1.165, 1.54) is 38.5 Å². The molecule has 0 atom stereocenters. The standard InChI is InChI=1S/C54H36N4O/c1-54(2)44-24-11-9-19-38(44)42-31-43-39-20-10-12-25-46(39)58(48(43)32-45(42)54)47-26-14-23-41-40-22-13-21-37(49(40)59-50(41)47)33-27-29-36(30-28-33)53-56-51(34-15-5-3-6-16-34)55-52(57-53)35-17-7-4-8-18-35/h3-32H,1-2H3. The van der Waals surface area contributed by atoms with Crippen LogP contribution in [-0.2, 0) is 5.41 Å². The molecule has 5 heteroatoms. The predicted molar refractivity (Wildman–Crippen MR) is 241 cm³/mol. The highest BCUT2D eigenvalue weighted by Gasteiger charge is 2.36. The molecule has 278 valence electrons. The average Bonchev–Trinajstić information content (AvgIpc) is 3.92. The summed E-state index contributed by atoms with van der Waals surface area (Å²) in [6, 6.07) is 64.0. The molecule has 59 heavy (non-hydrogen) atoms. The molecule has 11 aromatic rings. The fraction of sp³-hybridized carbons (Fsp3) is 0.0556. The number of fused-ring (bicyclic) bond motifs is 9. The van der Waals surface area contributed by atoms with Gasteiger partial charge in [-0.05, 0) is 52.1 Å². The van der Waals surface area contributed by atoms with Crippen LogP contribution in [0, 0.1) is 0 Å². The summed E-state index contributed by atoms with van der Waals surface area (Å²) in [4.78, 5) is 14.8. The van der Waals surface area contributed by atoms with Gasteiger partial charge in [0.25, 0.3) is 0 Å². The van der Waals surface area contributed by atoms with Crippen molar-refractivity contribution in [2.75, 3.05) is 0 Å². The van der Waals surface area contributed by atoms with E-state index in [1.54, 1.807) is 0 Å². The molecule has 3 heterocycles. The lowest BCUT2D eigenvalue weighted by atomic mass is 9.82. The number of nitrogens with zero attached hydrogens (tertiary/aromatic N) is 4. The third-order valence-electron chi connectivity index (χ3n) is 12.3. The van der Waals surface area contributed by atoms with Crippen molar-refractivity contribution in [3.8, 4) is 62.1 Å². The molecule has 0 aliphatic heterocycles. The third-order valence-corrected chi connectivity index (χ3v) is 12.3. The summed E-state index contributed by atoms with van der Waals surface area (Å²) >= 11 is 0. The number of hydrogen-bond acceptors (Lipinski definition) is 4. The van der Waals surface area contributed by atoms with Crippen LogP contribution in [0.15, 0.2) is 186 Å². The molecule has 0 saturated carbocycles. The van der Waals surface area contributed by atoms with E-state index >= 15 is 0 Å². The molecular weight excluding hydrogens is 721 g/mol. The number of rotatable bonds is 5.